The van der Waals surface area contributed by atoms with E-state index in [1.165, 1.54) is 61.7 Å². The molecule has 0 saturated carbocycles. The molecule has 2 unspecified atom stereocenters. The van der Waals surface area contributed by atoms with Crippen molar-refractivity contribution >= 4 is 33.8 Å². The van der Waals surface area contributed by atoms with Gasteiger partial charge >= 0.3 is 12.2 Å². The summed E-state index contributed by atoms with van der Waals surface area (Å²) in [5.41, 5.74) is -2.46. The molecule has 6 rings (SSSR count). The second kappa shape index (κ2) is 15.5. The quantitative estimate of drug-likeness (QED) is 0.320. The number of hydrogen-bond acceptors (Lipinski definition) is 12. The number of carboxylic acid groups (broad SMARTS) is 1. The monoisotopic (exact) mass is 790 g/mol. The Morgan fingerprint density at radius 3 is 2.38 bits per heavy atom. The van der Waals surface area contributed by atoms with Crippen LogP contribution < -0.4 is 18.5 Å². The molecule has 1 aromatic heterocycles. The van der Waals surface area contributed by atoms with E-state index < -0.39 is 45.2 Å². The van der Waals surface area contributed by atoms with Crippen molar-refractivity contribution in [3.05, 3.63) is 71.4 Å². The van der Waals surface area contributed by atoms with E-state index >= 15 is 4.79 Å². The number of aromatic nitrogens is 1. The number of piperazine rings is 1. The summed E-state index contributed by atoms with van der Waals surface area (Å²) < 4.78 is 52.9. The molecule has 298 valence electrons. The summed E-state index contributed by atoms with van der Waals surface area (Å²) in [5.74, 6) is -0.747. The molecule has 0 bridgehead atoms. The smallest absolute Gasteiger partial charge is 0.410 e. The lowest BCUT2D eigenvalue weighted by atomic mass is 9.68. The molecule has 0 radical (unpaired) electrons. The van der Waals surface area contributed by atoms with Crippen LogP contribution in [0.1, 0.15) is 57.2 Å². The van der Waals surface area contributed by atoms with Crippen LogP contribution in [0.2, 0.25) is 0 Å². The van der Waals surface area contributed by atoms with Crippen LogP contribution in [-0.2, 0) is 25.0 Å². The van der Waals surface area contributed by atoms with Crippen LogP contribution in [-0.4, -0.2) is 123 Å². The number of pyridine rings is 1. The third kappa shape index (κ3) is 7.03. The second-order valence-corrected chi connectivity index (χ2v) is 16.5. The van der Waals surface area contributed by atoms with Crippen LogP contribution in [0, 0.1) is 11.3 Å². The molecule has 0 spiro atoms. The van der Waals surface area contributed by atoms with Crippen LogP contribution in [0.4, 0.5) is 15.3 Å². The van der Waals surface area contributed by atoms with Crippen molar-refractivity contribution in [2.75, 3.05) is 57.9 Å². The molecule has 2 atom stereocenters. The first kappa shape index (κ1) is 40.1. The zero-order chi connectivity index (χ0) is 40.6. The van der Waals surface area contributed by atoms with Crippen LogP contribution in [0.3, 0.4) is 0 Å². The molecule has 3 aliphatic heterocycles. The summed E-state index contributed by atoms with van der Waals surface area (Å²) in [6.07, 6.45) is 0.818. The molecule has 4 heterocycles. The van der Waals surface area contributed by atoms with Crippen LogP contribution in [0.25, 0.3) is 0 Å². The highest BCUT2D eigenvalue weighted by Gasteiger charge is 2.64. The molecule has 0 aliphatic carbocycles. The number of methoxy groups -OCH3 is 2. The van der Waals surface area contributed by atoms with Gasteiger partial charge in [-0.15, -0.1) is 0 Å². The van der Waals surface area contributed by atoms with E-state index in [9.17, 15) is 28.4 Å². The van der Waals surface area contributed by atoms with Crippen molar-refractivity contribution in [2.24, 2.45) is 0 Å². The molecule has 3 aliphatic rings. The first-order valence-electron chi connectivity index (χ1n) is 18.3. The Morgan fingerprint density at radius 1 is 1.02 bits per heavy atom. The Morgan fingerprint density at radius 2 is 1.75 bits per heavy atom. The van der Waals surface area contributed by atoms with Crippen molar-refractivity contribution in [3.8, 4) is 23.4 Å². The molecular weight excluding hydrogens is 745 g/mol. The number of amides is 3. The number of ether oxygens (including phenoxy) is 4. The molecule has 56 heavy (non-hydrogen) atoms. The van der Waals surface area contributed by atoms with Gasteiger partial charge in [-0.25, -0.2) is 27.3 Å². The normalized spacial score (nSPS) is 20.6. The van der Waals surface area contributed by atoms with E-state index in [-0.39, 0.29) is 64.6 Å². The minimum absolute atomic E-state index is 0.00562. The van der Waals surface area contributed by atoms with Crippen molar-refractivity contribution in [1.29, 1.82) is 5.26 Å². The number of anilines is 1. The summed E-state index contributed by atoms with van der Waals surface area (Å²) in [6, 6.07) is 12.2. The second-order valence-electron chi connectivity index (χ2n) is 14.7. The fraction of sp³-hybridized carbons (Fsp3) is 0.462. The Balaban J connectivity index is 1.54. The maximum absolute atomic E-state index is 15.8. The van der Waals surface area contributed by atoms with E-state index in [0.717, 1.165) is 0 Å². The van der Waals surface area contributed by atoms with Gasteiger partial charge in [0.25, 0.3) is 15.9 Å². The lowest BCUT2D eigenvalue weighted by Gasteiger charge is -2.50. The van der Waals surface area contributed by atoms with Crippen molar-refractivity contribution in [2.45, 2.75) is 68.5 Å². The number of carbonyl (C=O) groups is 3. The lowest BCUT2D eigenvalue weighted by Crippen LogP contribution is -2.67. The molecule has 2 saturated heterocycles. The number of hydrogen-bond donors (Lipinski definition) is 1. The first-order chi connectivity index (χ1) is 26.6. The van der Waals surface area contributed by atoms with Gasteiger partial charge in [-0.3, -0.25) is 9.69 Å². The molecule has 17 heteroatoms. The van der Waals surface area contributed by atoms with Crippen LogP contribution in [0.15, 0.2) is 59.6 Å². The highest BCUT2D eigenvalue weighted by molar-refractivity contribution is 7.93. The summed E-state index contributed by atoms with van der Waals surface area (Å²) >= 11 is 0. The summed E-state index contributed by atoms with van der Waals surface area (Å²) in [5, 5.41) is 21.0. The summed E-state index contributed by atoms with van der Waals surface area (Å²) in [7, 11) is -2.09. The van der Waals surface area contributed by atoms with Gasteiger partial charge in [0.15, 0.2) is 0 Å². The van der Waals surface area contributed by atoms with E-state index in [1.807, 2.05) is 0 Å². The number of fused-ring (bicyclic) bond motifs is 1. The van der Waals surface area contributed by atoms with Gasteiger partial charge < -0.3 is 33.9 Å². The maximum Gasteiger partial charge on any atom is 0.410 e. The zero-order valence-electron chi connectivity index (χ0n) is 32.2. The number of carbonyl (C=O) groups excluding carboxylic acids is 2. The van der Waals surface area contributed by atoms with Gasteiger partial charge in [0.05, 0.1) is 44.2 Å². The van der Waals surface area contributed by atoms with Gasteiger partial charge in [-0.05, 0) is 76.9 Å². The van der Waals surface area contributed by atoms with Gasteiger partial charge in [0.1, 0.15) is 27.4 Å². The summed E-state index contributed by atoms with van der Waals surface area (Å²) in [6.45, 7) is 8.33. The number of nitriles is 1. The van der Waals surface area contributed by atoms with Gasteiger partial charge in [-0.1, -0.05) is 6.07 Å². The van der Waals surface area contributed by atoms with Crippen LogP contribution >= 0.6 is 0 Å². The number of rotatable bonds is 9. The predicted octanol–water partition coefficient (Wildman–Crippen LogP) is 4.45. The first-order valence-corrected chi connectivity index (χ1v) is 19.7. The van der Waals surface area contributed by atoms with Crippen molar-refractivity contribution < 1.29 is 46.9 Å². The Labute approximate surface area is 326 Å². The van der Waals surface area contributed by atoms with E-state index in [4.69, 9.17) is 18.9 Å². The van der Waals surface area contributed by atoms with Gasteiger partial charge in [-0.2, -0.15) is 5.26 Å². The van der Waals surface area contributed by atoms with Gasteiger partial charge in [0.2, 0.25) is 5.88 Å². The molecule has 16 nitrogen and oxygen atoms in total. The van der Waals surface area contributed by atoms with E-state index in [2.05, 4.69) is 16.0 Å². The Bertz CT molecular complexity index is 2160. The zero-order valence-corrected chi connectivity index (χ0v) is 33.0. The number of likely N-dealkylation sites (tertiary alicyclic amines) is 1. The molecule has 3 amide bonds. The third-order valence-electron chi connectivity index (χ3n) is 10.4. The highest BCUT2D eigenvalue weighted by Crippen LogP contribution is 2.54. The molecule has 3 aromatic rings. The maximum atomic E-state index is 15.8. The number of sulfonamides is 1. The molecular formula is C39H46N6O10S. The average molecular weight is 791 g/mol. The number of piperidine rings is 1. The Hall–Kier alpha value is -5.60. The van der Waals surface area contributed by atoms with E-state index in [1.54, 1.807) is 44.7 Å². The third-order valence-corrected chi connectivity index (χ3v) is 12.2. The fourth-order valence-corrected chi connectivity index (χ4v) is 9.60. The van der Waals surface area contributed by atoms with Crippen LogP contribution in [0.5, 0.6) is 17.4 Å². The van der Waals surface area contributed by atoms with Crippen molar-refractivity contribution in [3.63, 3.8) is 0 Å². The van der Waals surface area contributed by atoms with Crippen molar-refractivity contribution in [1.82, 2.24) is 19.7 Å². The molecule has 2 fully saturated rings. The fourth-order valence-electron chi connectivity index (χ4n) is 7.99. The number of benzene rings is 2. The standard InChI is InChI=1S/C39H46N6O10S/c1-7-54-34-28(9-8-16-41-34)39(33-24-43(19-20-44(33)36(47)48)26-14-17-42(18-15-26)37(49)55-38(2,3)4)29-21-25(23-40)10-12-30(29)45(35(39)46)56(50,51)32-13-11-27(52-5)22-31(32)53-6/h8-13,16,21-22,26,33H,7,14-15,17-20,24H2,1-6H3,(H,47,48). The molecule has 1 N–H and O–H groups in total. The SMILES string of the molecule is CCOc1ncccc1C1(C2CN(C3CCN(C(=O)OC(C)(C)C)CC3)CCN2C(=O)O)C(=O)N(S(=O)(=O)c2ccc(OC)cc2OC)c2ccc(C#N)cc21. The minimum Gasteiger partial charge on any atom is -0.497 e. The van der Waals surface area contributed by atoms with E-state index in [0.29, 0.717) is 42.5 Å². The predicted molar refractivity (Wildman–Crippen MR) is 202 cm³/mol. The molecule has 2 aromatic carbocycles. The van der Waals surface area contributed by atoms with Gasteiger partial charge in [0, 0.05) is 62.2 Å². The number of nitrogens with zero attached hydrogens (tertiary/aromatic N) is 6. The Kier molecular flexibility index (Phi) is 11.1. The minimum atomic E-state index is -4.80. The topological polar surface area (TPSA) is 192 Å². The average Bonchev–Trinajstić information content (AvgIpc) is 3.45. The lowest BCUT2D eigenvalue weighted by molar-refractivity contribution is -0.124. The largest absolute Gasteiger partial charge is 0.497 e. The highest BCUT2D eigenvalue weighted by atomic mass is 32.2. The summed E-state index contributed by atoms with van der Waals surface area (Å²) in [4.78, 5) is 51.0.